The molecule has 2 N–H and O–H groups in total. The molecule has 0 atom stereocenters. The van der Waals surface area contributed by atoms with E-state index in [9.17, 15) is 8.42 Å². The lowest BCUT2D eigenvalue weighted by Gasteiger charge is -2.09. The minimum atomic E-state index is -3.23. The molecule has 0 aliphatic heterocycles. The molecular weight excluding hydrogens is 272 g/mol. The van der Waals surface area contributed by atoms with Crippen LogP contribution in [0.5, 0.6) is 0 Å². The highest BCUT2D eigenvalue weighted by atomic mass is 32.2. The number of hydrogen-bond acceptors (Lipinski definition) is 3. The van der Waals surface area contributed by atoms with Gasteiger partial charge in [0, 0.05) is 13.1 Å². The van der Waals surface area contributed by atoms with E-state index in [1.54, 1.807) is 0 Å². The Bertz CT molecular complexity index is 481. The van der Waals surface area contributed by atoms with E-state index >= 15 is 0 Å². The maximum atomic E-state index is 11.9. The summed E-state index contributed by atoms with van der Waals surface area (Å²) in [5.41, 5.74) is 2.00. The molecule has 1 rings (SSSR count). The van der Waals surface area contributed by atoms with Gasteiger partial charge in [0.25, 0.3) is 0 Å². The number of rotatable bonds is 9. The first-order chi connectivity index (χ1) is 9.43. The average molecular weight is 298 g/mol. The third kappa shape index (κ3) is 7.03. The minimum Gasteiger partial charge on any atom is -0.313 e. The van der Waals surface area contributed by atoms with Gasteiger partial charge in [0.1, 0.15) is 0 Å². The van der Waals surface area contributed by atoms with Crippen LogP contribution < -0.4 is 10.0 Å². The van der Waals surface area contributed by atoms with Gasteiger partial charge in [-0.3, -0.25) is 0 Å². The van der Waals surface area contributed by atoms with E-state index in [1.165, 1.54) is 5.56 Å². The van der Waals surface area contributed by atoms with Crippen LogP contribution >= 0.6 is 0 Å². The van der Waals surface area contributed by atoms with Crippen LogP contribution in [0.4, 0.5) is 0 Å². The highest BCUT2D eigenvalue weighted by Crippen LogP contribution is 2.08. The van der Waals surface area contributed by atoms with E-state index in [2.05, 4.69) is 17.0 Å². The second kappa shape index (κ2) is 8.39. The summed E-state index contributed by atoms with van der Waals surface area (Å²) in [6.07, 6.45) is 1.11. The second-order valence-electron chi connectivity index (χ2n) is 5.49. The molecule has 1 aromatic rings. The maximum absolute atomic E-state index is 11.9. The third-order valence-electron chi connectivity index (χ3n) is 2.85. The maximum Gasteiger partial charge on any atom is 0.215 e. The molecule has 5 heteroatoms. The van der Waals surface area contributed by atoms with E-state index in [1.807, 2.05) is 38.1 Å². The molecule has 0 saturated heterocycles. The molecule has 20 heavy (non-hydrogen) atoms. The molecular formula is C15H26N2O2S. The van der Waals surface area contributed by atoms with Gasteiger partial charge in [0.2, 0.25) is 10.0 Å². The topological polar surface area (TPSA) is 58.2 Å². The Morgan fingerprint density at radius 1 is 1.10 bits per heavy atom. The van der Waals surface area contributed by atoms with Crippen molar-refractivity contribution in [1.29, 1.82) is 0 Å². The Kier molecular flexibility index (Phi) is 7.19. The van der Waals surface area contributed by atoms with E-state index in [4.69, 9.17) is 0 Å². The van der Waals surface area contributed by atoms with Crippen LogP contribution in [0, 0.1) is 5.92 Å². The Morgan fingerprint density at radius 2 is 1.70 bits per heavy atom. The van der Waals surface area contributed by atoms with Crippen molar-refractivity contribution in [2.24, 2.45) is 5.92 Å². The summed E-state index contributed by atoms with van der Waals surface area (Å²) in [5.74, 6) is 0.361. The van der Waals surface area contributed by atoms with Gasteiger partial charge in [0.15, 0.2) is 0 Å². The van der Waals surface area contributed by atoms with Crippen molar-refractivity contribution in [3.63, 3.8) is 0 Å². The fourth-order valence-corrected chi connectivity index (χ4v) is 3.05. The molecule has 0 fully saturated rings. The summed E-state index contributed by atoms with van der Waals surface area (Å²) in [6, 6.07) is 7.74. The lowest BCUT2D eigenvalue weighted by atomic mass is 10.1. The molecule has 4 nitrogen and oxygen atoms in total. The third-order valence-corrected chi connectivity index (χ3v) is 4.17. The van der Waals surface area contributed by atoms with Gasteiger partial charge < -0.3 is 5.32 Å². The lowest BCUT2D eigenvalue weighted by Crippen LogP contribution is -2.28. The molecule has 0 heterocycles. The van der Waals surface area contributed by atoms with Crippen LogP contribution in [-0.4, -0.2) is 21.5 Å². The van der Waals surface area contributed by atoms with Crippen molar-refractivity contribution in [3.8, 4) is 0 Å². The molecule has 0 aromatic heterocycles. The van der Waals surface area contributed by atoms with E-state index in [0.717, 1.165) is 25.1 Å². The Balaban J connectivity index is 2.52. The average Bonchev–Trinajstić information content (AvgIpc) is 2.39. The van der Waals surface area contributed by atoms with Crippen LogP contribution in [0.2, 0.25) is 0 Å². The van der Waals surface area contributed by atoms with Gasteiger partial charge in [-0.15, -0.1) is 0 Å². The van der Waals surface area contributed by atoms with Crippen LogP contribution in [-0.2, 0) is 22.3 Å². The smallest absolute Gasteiger partial charge is 0.215 e. The first-order valence-corrected chi connectivity index (χ1v) is 8.84. The summed E-state index contributed by atoms with van der Waals surface area (Å²) >= 11 is 0. The summed E-state index contributed by atoms with van der Waals surface area (Å²) in [7, 11) is -3.23. The first kappa shape index (κ1) is 17.1. The lowest BCUT2D eigenvalue weighted by molar-refractivity contribution is 0.559. The molecule has 0 radical (unpaired) electrons. The van der Waals surface area contributed by atoms with E-state index in [0.29, 0.717) is 12.5 Å². The Hall–Kier alpha value is -0.910. The SMILES string of the molecule is CCCNCc1ccc(CS(=O)(=O)NCC(C)C)cc1. The summed E-state index contributed by atoms with van der Waals surface area (Å²) in [4.78, 5) is 0. The summed E-state index contributed by atoms with van der Waals surface area (Å²) in [5, 5.41) is 3.32. The predicted octanol–water partition coefficient (Wildman–Crippen LogP) is 2.26. The summed E-state index contributed by atoms with van der Waals surface area (Å²) < 4.78 is 26.4. The van der Waals surface area contributed by atoms with Gasteiger partial charge in [-0.05, 0) is 30.0 Å². The van der Waals surface area contributed by atoms with Crippen LogP contribution in [0.25, 0.3) is 0 Å². The molecule has 1 aromatic carbocycles. The van der Waals surface area contributed by atoms with Crippen LogP contribution in [0.1, 0.15) is 38.3 Å². The molecule has 0 aliphatic carbocycles. The van der Waals surface area contributed by atoms with E-state index in [-0.39, 0.29) is 5.75 Å². The van der Waals surface area contributed by atoms with Gasteiger partial charge >= 0.3 is 0 Å². The normalized spacial score (nSPS) is 12.0. The monoisotopic (exact) mass is 298 g/mol. The number of nitrogens with one attached hydrogen (secondary N) is 2. The van der Waals surface area contributed by atoms with Gasteiger partial charge in [-0.1, -0.05) is 45.0 Å². The van der Waals surface area contributed by atoms with E-state index < -0.39 is 10.0 Å². The molecule has 0 saturated carbocycles. The van der Waals surface area contributed by atoms with Crippen molar-refractivity contribution in [3.05, 3.63) is 35.4 Å². The molecule has 0 aliphatic rings. The van der Waals surface area contributed by atoms with Crippen LogP contribution in [0.3, 0.4) is 0 Å². The molecule has 0 bridgehead atoms. The van der Waals surface area contributed by atoms with Crippen molar-refractivity contribution < 1.29 is 8.42 Å². The predicted molar refractivity (Wildman–Crippen MR) is 83.9 cm³/mol. The number of benzene rings is 1. The highest BCUT2D eigenvalue weighted by Gasteiger charge is 2.11. The first-order valence-electron chi connectivity index (χ1n) is 7.19. The minimum absolute atomic E-state index is 0.0440. The van der Waals surface area contributed by atoms with Gasteiger partial charge in [-0.2, -0.15) is 0 Å². The number of hydrogen-bond donors (Lipinski definition) is 2. The standard InChI is InChI=1S/C15H26N2O2S/c1-4-9-16-11-14-5-7-15(8-6-14)12-20(18,19)17-10-13(2)3/h5-8,13,16-17H,4,9-12H2,1-3H3. The molecule has 0 spiro atoms. The zero-order chi connectivity index (χ0) is 15.0. The quantitative estimate of drug-likeness (QED) is 0.688. The molecule has 0 unspecified atom stereocenters. The zero-order valence-corrected chi connectivity index (χ0v) is 13.5. The fourth-order valence-electron chi connectivity index (χ4n) is 1.73. The van der Waals surface area contributed by atoms with Gasteiger partial charge in [-0.25, -0.2) is 13.1 Å². The van der Waals surface area contributed by atoms with Gasteiger partial charge in [0.05, 0.1) is 5.75 Å². The van der Waals surface area contributed by atoms with Crippen LogP contribution in [0.15, 0.2) is 24.3 Å². The molecule has 114 valence electrons. The zero-order valence-electron chi connectivity index (χ0n) is 12.6. The Labute approximate surface area is 123 Å². The van der Waals surface area contributed by atoms with Crippen molar-refractivity contribution in [1.82, 2.24) is 10.0 Å². The molecule has 0 amide bonds. The Morgan fingerprint density at radius 3 is 2.25 bits per heavy atom. The van der Waals surface area contributed by atoms with Crippen molar-refractivity contribution >= 4 is 10.0 Å². The second-order valence-corrected chi connectivity index (χ2v) is 7.30. The van der Waals surface area contributed by atoms with Crippen molar-refractivity contribution in [2.45, 2.75) is 39.5 Å². The summed E-state index contributed by atoms with van der Waals surface area (Å²) in [6.45, 7) is 8.41. The fraction of sp³-hybridized carbons (Fsp3) is 0.600. The van der Waals surface area contributed by atoms with Crippen molar-refractivity contribution in [2.75, 3.05) is 13.1 Å². The largest absolute Gasteiger partial charge is 0.313 e. The number of sulfonamides is 1. The highest BCUT2D eigenvalue weighted by molar-refractivity contribution is 7.88.